The number of ether oxygens (including phenoxy) is 1. The fourth-order valence-electron chi connectivity index (χ4n) is 5.86. The van der Waals surface area contributed by atoms with Gasteiger partial charge in [-0.2, -0.15) is 4.68 Å². The number of pyridine rings is 1. The Balaban J connectivity index is 1.29. The predicted octanol–water partition coefficient (Wildman–Crippen LogP) is 5.40. The Bertz CT molecular complexity index is 1810. The van der Waals surface area contributed by atoms with Crippen molar-refractivity contribution in [2.45, 2.75) is 50.6 Å². The van der Waals surface area contributed by atoms with Gasteiger partial charge in [0.1, 0.15) is 12.4 Å². The van der Waals surface area contributed by atoms with Crippen molar-refractivity contribution in [3.05, 3.63) is 83.4 Å². The van der Waals surface area contributed by atoms with Gasteiger partial charge in [0.2, 0.25) is 11.8 Å². The number of hydrogen-bond donors (Lipinski definition) is 3. The van der Waals surface area contributed by atoms with E-state index in [1.165, 1.54) is 24.2 Å². The Morgan fingerprint density at radius 2 is 1.88 bits per heavy atom. The number of nitrogens with one attached hydrogen (secondary N) is 3. The smallest absolute Gasteiger partial charge is 0.411 e. The average Bonchev–Trinajstić information content (AvgIpc) is 3.60. The minimum absolute atomic E-state index is 0.0729. The number of anilines is 2. The van der Waals surface area contributed by atoms with Crippen molar-refractivity contribution >= 4 is 47.0 Å². The number of halogens is 1. The van der Waals surface area contributed by atoms with Crippen LogP contribution in [0, 0.1) is 0 Å². The molecule has 1 fully saturated rings. The van der Waals surface area contributed by atoms with Crippen LogP contribution in [0.3, 0.4) is 0 Å². The van der Waals surface area contributed by atoms with E-state index >= 15 is 0 Å². The maximum Gasteiger partial charge on any atom is 0.411 e. The molecule has 2 aromatic heterocycles. The number of benzene rings is 2. The Kier molecular flexibility index (Phi) is 10.2. The van der Waals surface area contributed by atoms with Crippen LogP contribution in [0.15, 0.2) is 67.1 Å². The van der Waals surface area contributed by atoms with Crippen molar-refractivity contribution in [1.82, 2.24) is 35.4 Å². The number of carbonyl (C=O) groups excluding carboxylic acids is 3. The van der Waals surface area contributed by atoms with Gasteiger partial charge in [-0.3, -0.25) is 19.9 Å². The number of likely N-dealkylation sites (tertiary alicyclic amines) is 1. The van der Waals surface area contributed by atoms with E-state index in [2.05, 4.69) is 36.5 Å². The normalized spacial score (nSPS) is 17.8. The lowest BCUT2D eigenvalue weighted by Crippen LogP contribution is -2.49. The quantitative estimate of drug-likeness (QED) is 0.229. The molecule has 0 unspecified atom stereocenters. The zero-order valence-electron chi connectivity index (χ0n) is 26.4. The number of tetrazole rings is 1. The van der Waals surface area contributed by atoms with Gasteiger partial charge in [0.15, 0.2) is 0 Å². The van der Waals surface area contributed by atoms with Gasteiger partial charge in [-0.25, -0.2) is 4.79 Å². The zero-order chi connectivity index (χ0) is 33.5. The summed E-state index contributed by atoms with van der Waals surface area (Å²) in [7, 11) is 1.31. The lowest BCUT2D eigenvalue weighted by molar-refractivity contribution is -0.135. The van der Waals surface area contributed by atoms with Crippen LogP contribution in [0.2, 0.25) is 5.02 Å². The number of methoxy groups -OCH3 is 1. The molecule has 2 aliphatic rings. The molecule has 6 rings (SSSR count). The van der Waals surface area contributed by atoms with E-state index in [0.29, 0.717) is 46.2 Å². The van der Waals surface area contributed by atoms with Crippen molar-refractivity contribution in [3.8, 4) is 16.8 Å². The molecule has 0 aliphatic carbocycles. The summed E-state index contributed by atoms with van der Waals surface area (Å²) in [5.41, 5.74) is 4.96. The Morgan fingerprint density at radius 3 is 2.65 bits per heavy atom. The molecular formula is C34H36ClN9O4. The summed E-state index contributed by atoms with van der Waals surface area (Å²) in [4.78, 5) is 45.4. The third kappa shape index (κ3) is 7.80. The molecule has 48 heavy (non-hydrogen) atoms. The van der Waals surface area contributed by atoms with Gasteiger partial charge in [0.05, 0.1) is 24.5 Å². The average molecular weight is 670 g/mol. The first-order valence-corrected chi connectivity index (χ1v) is 16.3. The standard InChI is InChI=1S/C34H36ClN9O4/c1-48-34(47)38-25-10-11-26-22-14-15-36-30(19-22)27(6-3-2-4-7-28(39-29(26)20-25)33(46)43-16-5-17-43)40-32(45)13-8-23-18-24(35)9-12-31(23)44-21-37-41-42-44/h8-15,18-21,27-28,39H,2-7,16-17H2,1H3,(H,38,47)(H,40,45)/b13-8+/t27-,28+/m0/s1. The second-order valence-corrected chi connectivity index (χ2v) is 12.1. The summed E-state index contributed by atoms with van der Waals surface area (Å²) in [5, 5.41) is 21.3. The highest BCUT2D eigenvalue weighted by Crippen LogP contribution is 2.34. The molecule has 14 heteroatoms. The summed E-state index contributed by atoms with van der Waals surface area (Å²) in [6.07, 6.45) is 10.6. The number of amides is 3. The van der Waals surface area contributed by atoms with Crippen LogP contribution >= 0.6 is 11.6 Å². The number of nitrogens with zero attached hydrogens (tertiary/aromatic N) is 6. The number of carbonyl (C=O) groups is 3. The SMILES string of the molecule is COC(=O)Nc1ccc2c(c1)N[C@@H](C(=O)N1CCC1)CCCCC[C@H](NC(=O)/C=C/c1cc(Cl)ccc1-n1cnnn1)c1cc-2ccn1. The van der Waals surface area contributed by atoms with E-state index in [1.807, 2.05) is 29.2 Å². The second kappa shape index (κ2) is 15.1. The molecule has 2 aromatic carbocycles. The van der Waals surface area contributed by atoms with Crippen LogP contribution in [-0.4, -0.2) is 74.2 Å². The van der Waals surface area contributed by atoms with E-state index in [0.717, 1.165) is 49.9 Å². The largest absolute Gasteiger partial charge is 0.453 e. The number of rotatable bonds is 6. The third-order valence-electron chi connectivity index (χ3n) is 8.50. The molecule has 13 nitrogen and oxygen atoms in total. The number of fused-ring (bicyclic) bond motifs is 4. The first kappa shape index (κ1) is 32.6. The van der Waals surface area contributed by atoms with Crippen molar-refractivity contribution in [1.29, 1.82) is 0 Å². The maximum atomic E-state index is 13.5. The van der Waals surface area contributed by atoms with Gasteiger partial charge in [-0.1, -0.05) is 36.9 Å². The van der Waals surface area contributed by atoms with E-state index in [-0.39, 0.29) is 17.9 Å². The molecule has 0 radical (unpaired) electrons. The van der Waals surface area contributed by atoms with Gasteiger partial charge < -0.3 is 20.3 Å². The molecular weight excluding hydrogens is 634 g/mol. The van der Waals surface area contributed by atoms with Crippen molar-refractivity contribution in [2.24, 2.45) is 0 Å². The highest BCUT2D eigenvalue weighted by atomic mass is 35.5. The number of aromatic nitrogens is 5. The second-order valence-electron chi connectivity index (χ2n) is 11.7. The van der Waals surface area contributed by atoms with Gasteiger partial charge in [0, 0.05) is 52.9 Å². The molecule has 4 aromatic rings. The van der Waals surface area contributed by atoms with Crippen LogP contribution in [0.4, 0.5) is 16.2 Å². The van der Waals surface area contributed by atoms with E-state index in [9.17, 15) is 14.4 Å². The van der Waals surface area contributed by atoms with Crippen LogP contribution in [0.25, 0.3) is 22.9 Å². The zero-order valence-corrected chi connectivity index (χ0v) is 27.2. The molecule has 3 amide bonds. The van der Waals surface area contributed by atoms with Gasteiger partial charge >= 0.3 is 6.09 Å². The topological polar surface area (TPSA) is 156 Å². The summed E-state index contributed by atoms with van der Waals surface area (Å²) in [6, 6.07) is 13.8. The van der Waals surface area contributed by atoms with Crippen LogP contribution in [0.1, 0.15) is 55.8 Å². The van der Waals surface area contributed by atoms with Gasteiger partial charge in [-0.05, 0) is 83.8 Å². The molecule has 4 heterocycles. The van der Waals surface area contributed by atoms with Crippen molar-refractivity contribution < 1.29 is 19.1 Å². The number of hydrogen-bond acceptors (Lipinski definition) is 9. The summed E-state index contributed by atoms with van der Waals surface area (Å²) < 4.78 is 6.29. The Hall–Kier alpha value is -5.30. The lowest BCUT2D eigenvalue weighted by atomic mass is 9.99. The molecule has 1 saturated heterocycles. The first-order valence-electron chi connectivity index (χ1n) is 15.9. The van der Waals surface area contributed by atoms with Crippen molar-refractivity contribution in [2.75, 3.05) is 30.8 Å². The molecule has 2 aliphatic heterocycles. The summed E-state index contributed by atoms with van der Waals surface area (Å²) in [6.45, 7) is 1.52. The highest BCUT2D eigenvalue weighted by Gasteiger charge is 2.29. The van der Waals surface area contributed by atoms with Crippen LogP contribution in [0.5, 0.6) is 0 Å². The fourth-order valence-corrected chi connectivity index (χ4v) is 6.04. The maximum absolute atomic E-state index is 13.5. The van der Waals surface area contributed by atoms with Gasteiger partial charge in [0.25, 0.3) is 0 Å². The summed E-state index contributed by atoms with van der Waals surface area (Å²) in [5.74, 6) is -0.219. The van der Waals surface area contributed by atoms with Crippen molar-refractivity contribution in [3.63, 3.8) is 0 Å². The minimum Gasteiger partial charge on any atom is -0.453 e. The molecule has 248 valence electrons. The Morgan fingerprint density at radius 1 is 1.02 bits per heavy atom. The monoisotopic (exact) mass is 669 g/mol. The molecule has 2 atom stereocenters. The lowest BCUT2D eigenvalue weighted by Gasteiger charge is -2.35. The highest BCUT2D eigenvalue weighted by molar-refractivity contribution is 6.30. The van der Waals surface area contributed by atoms with Crippen LogP contribution in [-0.2, 0) is 14.3 Å². The van der Waals surface area contributed by atoms with E-state index in [4.69, 9.17) is 16.3 Å². The third-order valence-corrected chi connectivity index (χ3v) is 8.73. The fraction of sp³-hybridized carbons (Fsp3) is 0.324. The molecule has 0 spiro atoms. The molecule has 0 saturated carbocycles. The minimum atomic E-state index is -0.589. The van der Waals surface area contributed by atoms with E-state index in [1.54, 1.807) is 36.5 Å². The van der Waals surface area contributed by atoms with Gasteiger partial charge in [-0.15, -0.1) is 5.10 Å². The first-order chi connectivity index (χ1) is 23.4. The predicted molar refractivity (Wildman–Crippen MR) is 181 cm³/mol. The Labute approximate surface area is 282 Å². The molecule has 3 N–H and O–H groups in total. The van der Waals surface area contributed by atoms with E-state index < -0.39 is 12.1 Å². The summed E-state index contributed by atoms with van der Waals surface area (Å²) >= 11 is 6.26. The van der Waals surface area contributed by atoms with Crippen LogP contribution < -0.4 is 16.0 Å². The molecule has 2 bridgehead atoms.